The highest BCUT2D eigenvalue weighted by Crippen LogP contribution is 2.06. The van der Waals surface area contributed by atoms with E-state index in [1.54, 1.807) is 0 Å². The molecule has 0 spiro atoms. The third-order valence-corrected chi connectivity index (χ3v) is 2.15. The van der Waals surface area contributed by atoms with E-state index in [0.717, 1.165) is 5.84 Å². The summed E-state index contributed by atoms with van der Waals surface area (Å²) in [5.74, 6) is 0.772. The van der Waals surface area contributed by atoms with E-state index in [0.29, 0.717) is 6.42 Å². The van der Waals surface area contributed by atoms with Crippen molar-refractivity contribution in [1.29, 1.82) is 0 Å². The molecule has 0 radical (unpaired) electrons. The molecule has 3 nitrogen and oxygen atoms in total. The largest absolute Gasteiger partial charge is 0.313 e. The lowest BCUT2D eigenvalue weighted by molar-refractivity contribution is -0.117. The number of carbonyl (C=O) groups is 1. The molecule has 2 rings (SSSR count). The van der Waals surface area contributed by atoms with E-state index in [4.69, 9.17) is 0 Å². The summed E-state index contributed by atoms with van der Waals surface area (Å²) in [5, 5.41) is 2.73. The maximum absolute atomic E-state index is 10.9. The number of carbonyl (C=O) groups excluding carboxylic acids is 1. The van der Waals surface area contributed by atoms with Gasteiger partial charge in [0.15, 0.2) is 0 Å². The van der Waals surface area contributed by atoms with Crippen molar-refractivity contribution in [3.63, 3.8) is 0 Å². The average molecular weight is 188 g/mol. The van der Waals surface area contributed by atoms with Crippen LogP contribution in [-0.4, -0.2) is 18.3 Å². The van der Waals surface area contributed by atoms with E-state index in [1.807, 2.05) is 12.1 Å². The topological polar surface area (TPSA) is 41.5 Å². The lowest BCUT2D eigenvalue weighted by Crippen LogP contribution is -2.25. The fourth-order valence-corrected chi connectivity index (χ4v) is 1.52. The molecule has 72 valence electrons. The van der Waals surface area contributed by atoms with Gasteiger partial charge in [-0.3, -0.25) is 9.79 Å². The minimum Gasteiger partial charge on any atom is -0.313 e. The Morgan fingerprint density at radius 2 is 2.36 bits per heavy atom. The Balaban J connectivity index is 2.08. The minimum absolute atomic E-state index is 0.00680. The fraction of sp³-hybridized carbons (Fsp3) is 0.273. The standard InChI is InChI=1S/C11H12N2O/c1-8-3-2-4-9(5-8)6-10-12-7-11(14)13-10/h2-5H,6-7H2,1H3,(H,12,13,14). The van der Waals surface area contributed by atoms with Gasteiger partial charge < -0.3 is 5.32 Å². The molecule has 0 atom stereocenters. The third-order valence-electron chi connectivity index (χ3n) is 2.15. The summed E-state index contributed by atoms with van der Waals surface area (Å²) in [5.41, 5.74) is 2.42. The lowest BCUT2D eigenvalue weighted by Gasteiger charge is -2.02. The molecule has 3 heteroatoms. The Kier molecular flexibility index (Phi) is 2.31. The third kappa shape index (κ3) is 1.99. The second-order valence-electron chi connectivity index (χ2n) is 3.48. The number of aliphatic imine (C=N–C) groups is 1. The summed E-state index contributed by atoms with van der Waals surface area (Å²) < 4.78 is 0. The molecular formula is C11H12N2O. The molecule has 1 amide bonds. The van der Waals surface area contributed by atoms with Gasteiger partial charge in [-0.25, -0.2) is 0 Å². The monoisotopic (exact) mass is 188 g/mol. The van der Waals surface area contributed by atoms with E-state index in [1.165, 1.54) is 11.1 Å². The summed E-state index contributed by atoms with van der Waals surface area (Å²) in [7, 11) is 0. The first-order valence-corrected chi connectivity index (χ1v) is 4.63. The van der Waals surface area contributed by atoms with Crippen molar-refractivity contribution < 1.29 is 4.79 Å². The van der Waals surface area contributed by atoms with Gasteiger partial charge in [0.1, 0.15) is 12.4 Å². The molecule has 1 heterocycles. The van der Waals surface area contributed by atoms with Crippen LogP contribution < -0.4 is 5.32 Å². The molecule has 0 aliphatic carbocycles. The maximum atomic E-state index is 10.9. The molecule has 1 N–H and O–H groups in total. The van der Waals surface area contributed by atoms with E-state index >= 15 is 0 Å². The first-order valence-electron chi connectivity index (χ1n) is 4.63. The van der Waals surface area contributed by atoms with Crippen molar-refractivity contribution in [2.45, 2.75) is 13.3 Å². The van der Waals surface area contributed by atoms with Gasteiger partial charge in [-0.1, -0.05) is 29.8 Å². The summed E-state index contributed by atoms with van der Waals surface area (Å²) >= 11 is 0. The van der Waals surface area contributed by atoms with E-state index in [-0.39, 0.29) is 12.5 Å². The van der Waals surface area contributed by atoms with Gasteiger partial charge >= 0.3 is 0 Å². The molecule has 14 heavy (non-hydrogen) atoms. The lowest BCUT2D eigenvalue weighted by atomic mass is 10.1. The first-order chi connectivity index (χ1) is 6.74. The zero-order valence-electron chi connectivity index (χ0n) is 8.08. The molecule has 0 bridgehead atoms. The van der Waals surface area contributed by atoms with Crippen LogP contribution in [0.4, 0.5) is 0 Å². The van der Waals surface area contributed by atoms with Crippen LogP contribution in [0, 0.1) is 6.92 Å². The summed E-state index contributed by atoms with van der Waals surface area (Å²) in [4.78, 5) is 15.0. The first kappa shape index (κ1) is 8.94. The summed E-state index contributed by atoms with van der Waals surface area (Å²) in [6.45, 7) is 2.33. The van der Waals surface area contributed by atoms with Gasteiger partial charge in [-0.2, -0.15) is 0 Å². The van der Waals surface area contributed by atoms with Crippen LogP contribution >= 0.6 is 0 Å². The minimum atomic E-state index is -0.00680. The number of aryl methyl sites for hydroxylation is 1. The molecular weight excluding hydrogens is 176 g/mol. The van der Waals surface area contributed by atoms with Gasteiger partial charge in [-0.15, -0.1) is 0 Å². The van der Waals surface area contributed by atoms with E-state index in [9.17, 15) is 4.79 Å². The van der Waals surface area contributed by atoms with Gasteiger partial charge in [0.05, 0.1) is 0 Å². The predicted octanol–water partition coefficient (Wildman–Crippen LogP) is 1.07. The van der Waals surface area contributed by atoms with Crippen molar-refractivity contribution in [2.75, 3.05) is 6.54 Å². The quantitative estimate of drug-likeness (QED) is 0.741. The van der Waals surface area contributed by atoms with Crippen LogP contribution in [0.2, 0.25) is 0 Å². The van der Waals surface area contributed by atoms with Crippen molar-refractivity contribution >= 4 is 11.7 Å². The smallest absolute Gasteiger partial charge is 0.247 e. The SMILES string of the molecule is Cc1cccc(CC2=NCC(=O)N2)c1. The zero-order chi connectivity index (χ0) is 9.97. The molecule has 0 fully saturated rings. The van der Waals surface area contributed by atoms with E-state index < -0.39 is 0 Å². The number of hydrogen-bond donors (Lipinski definition) is 1. The maximum Gasteiger partial charge on any atom is 0.247 e. The highest BCUT2D eigenvalue weighted by atomic mass is 16.2. The Morgan fingerprint density at radius 3 is 3.00 bits per heavy atom. The second-order valence-corrected chi connectivity index (χ2v) is 3.48. The number of nitrogens with zero attached hydrogens (tertiary/aromatic N) is 1. The number of hydrogen-bond acceptors (Lipinski definition) is 2. The van der Waals surface area contributed by atoms with Gasteiger partial charge in [-0.05, 0) is 12.5 Å². The molecule has 1 aliphatic heterocycles. The Bertz CT molecular complexity index is 396. The number of benzene rings is 1. The molecule has 0 saturated carbocycles. The van der Waals surface area contributed by atoms with Crippen LogP contribution in [0.15, 0.2) is 29.3 Å². The molecule has 1 aromatic carbocycles. The Hall–Kier alpha value is -1.64. The number of nitrogens with one attached hydrogen (secondary N) is 1. The molecule has 0 unspecified atom stereocenters. The normalized spacial score (nSPS) is 15.2. The van der Waals surface area contributed by atoms with Crippen molar-refractivity contribution in [2.24, 2.45) is 4.99 Å². The fourth-order valence-electron chi connectivity index (χ4n) is 1.52. The number of amides is 1. The van der Waals surface area contributed by atoms with Crippen LogP contribution in [0.1, 0.15) is 11.1 Å². The predicted molar refractivity (Wildman–Crippen MR) is 55.3 cm³/mol. The number of rotatable bonds is 2. The number of amidine groups is 1. The Labute approximate surface area is 82.9 Å². The van der Waals surface area contributed by atoms with Crippen LogP contribution in [0.5, 0.6) is 0 Å². The van der Waals surface area contributed by atoms with Crippen LogP contribution in [-0.2, 0) is 11.2 Å². The van der Waals surface area contributed by atoms with E-state index in [2.05, 4.69) is 29.4 Å². The molecule has 0 saturated heterocycles. The van der Waals surface area contributed by atoms with Crippen LogP contribution in [0.3, 0.4) is 0 Å². The van der Waals surface area contributed by atoms with Crippen molar-refractivity contribution in [3.05, 3.63) is 35.4 Å². The molecule has 1 aliphatic rings. The summed E-state index contributed by atoms with van der Waals surface area (Å²) in [6, 6.07) is 8.22. The van der Waals surface area contributed by atoms with Crippen LogP contribution in [0.25, 0.3) is 0 Å². The van der Waals surface area contributed by atoms with Gasteiger partial charge in [0.2, 0.25) is 5.91 Å². The average Bonchev–Trinajstić information content (AvgIpc) is 2.51. The van der Waals surface area contributed by atoms with Gasteiger partial charge in [0.25, 0.3) is 0 Å². The highest BCUT2D eigenvalue weighted by Gasteiger charge is 2.12. The van der Waals surface area contributed by atoms with Gasteiger partial charge in [0, 0.05) is 6.42 Å². The Morgan fingerprint density at radius 1 is 1.50 bits per heavy atom. The molecule has 0 aromatic heterocycles. The van der Waals surface area contributed by atoms with Crippen molar-refractivity contribution in [3.8, 4) is 0 Å². The summed E-state index contributed by atoms with van der Waals surface area (Å²) in [6.07, 6.45) is 0.716. The molecule has 1 aromatic rings. The zero-order valence-corrected chi connectivity index (χ0v) is 8.08. The van der Waals surface area contributed by atoms with Crippen molar-refractivity contribution in [1.82, 2.24) is 5.32 Å². The second kappa shape index (κ2) is 3.62. The highest BCUT2D eigenvalue weighted by molar-refractivity contribution is 6.04.